The van der Waals surface area contributed by atoms with Crippen molar-refractivity contribution in [2.24, 2.45) is 16.6 Å². The van der Waals surface area contributed by atoms with Crippen LogP contribution in [-0.4, -0.2) is 26.7 Å². The van der Waals surface area contributed by atoms with Gasteiger partial charge in [-0.05, 0) is 24.3 Å². The van der Waals surface area contributed by atoms with Crippen LogP contribution in [0.25, 0.3) is 0 Å². The van der Waals surface area contributed by atoms with Gasteiger partial charge in [-0.25, -0.2) is 9.98 Å². The molecule has 1 aliphatic heterocycles. The van der Waals surface area contributed by atoms with Crippen molar-refractivity contribution >= 4 is 11.8 Å². The van der Waals surface area contributed by atoms with Gasteiger partial charge in [-0.1, -0.05) is 30.3 Å². The normalized spacial score (nSPS) is 25.4. The average molecular weight is 327 g/mol. The Hall–Kier alpha value is -2.38. The molecule has 24 heavy (non-hydrogen) atoms. The number of nitrogens with one attached hydrogen (secondary N) is 1. The summed E-state index contributed by atoms with van der Waals surface area (Å²) in [5.74, 6) is 1.64. The molecule has 0 bridgehead atoms. The number of aliphatic hydroxyl groups excluding tert-OH is 1. The Balaban J connectivity index is 1.48. The number of ether oxygens (including phenoxy) is 1. The summed E-state index contributed by atoms with van der Waals surface area (Å²) in [5.41, 5.74) is 7.74. The number of guanidine groups is 1. The van der Waals surface area contributed by atoms with Crippen molar-refractivity contribution < 1.29 is 9.84 Å². The van der Waals surface area contributed by atoms with Crippen molar-refractivity contribution in [2.45, 2.75) is 38.3 Å². The molecule has 7 nitrogen and oxygen atoms in total. The lowest BCUT2D eigenvalue weighted by molar-refractivity contribution is 0.0349. The van der Waals surface area contributed by atoms with E-state index < -0.39 is 6.23 Å². The van der Waals surface area contributed by atoms with Gasteiger partial charge >= 0.3 is 0 Å². The summed E-state index contributed by atoms with van der Waals surface area (Å²) in [7, 11) is 0. The molecule has 2 heterocycles. The van der Waals surface area contributed by atoms with Gasteiger partial charge in [-0.15, -0.1) is 0 Å². The molecule has 1 aromatic carbocycles. The Kier molecular flexibility index (Phi) is 3.95. The van der Waals surface area contributed by atoms with Gasteiger partial charge in [0.15, 0.2) is 12.2 Å². The summed E-state index contributed by atoms with van der Waals surface area (Å²) >= 11 is 0. The number of hydrogen-bond acceptors (Lipinski definition) is 6. The molecule has 1 saturated carbocycles. The molecule has 0 radical (unpaired) electrons. The van der Waals surface area contributed by atoms with Gasteiger partial charge in [-0.2, -0.15) is 0 Å². The molecule has 0 amide bonds. The van der Waals surface area contributed by atoms with Gasteiger partial charge in [-0.3, -0.25) is 0 Å². The molecule has 1 atom stereocenters. The zero-order chi connectivity index (χ0) is 16.5. The molecular weight excluding hydrogens is 306 g/mol. The second-order valence-electron chi connectivity index (χ2n) is 6.41. The van der Waals surface area contributed by atoms with E-state index in [0.717, 1.165) is 36.5 Å². The summed E-state index contributed by atoms with van der Waals surface area (Å²) in [6, 6.07) is 9.95. The SMILES string of the molecule is NC1=NC(OCc2ccccc2)c2ncn(CC3CC(O)C3)c2N1. The van der Waals surface area contributed by atoms with E-state index in [-0.39, 0.29) is 6.10 Å². The van der Waals surface area contributed by atoms with Crippen molar-refractivity contribution in [3.8, 4) is 0 Å². The number of nitrogens with two attached hydrogens (primary N) is 1. The first kappa shape index (κ1) is 15.2. The van der Waals surface area contributed by atoms with E-state index in [1.807, 2.05) is 34.9 Å². The lowest BCUT2D eigenvalue weighted by atomic mass is 9.82. The van der Waals surface area contributed by atoms with Crippen molar-refractivity contribution in [3.05, 3.63) is 47.9 Å². The number of nitrogens with zero attached hydrogens (tertiary/aromatic N) is 3. The smallest absolute Gasteiger partial charge is 0.198 e. The fourth-order valence-corrected chi connectivity index (χ4v) is 3.19. The summed E-state index contributed by atoms with van der Waals surface area (Å²) in [6.45, 7) is 1.26. The number of imidazole rings is 1. The second-order valence-corrected chi connectivity index (χ2v) is 6.41. The maximum atomic E-state index is 9.45. The van der Waals surface area contributed by atoms with Crippen LogP contribution in [0.2, 0.25) is 0 Å². The van der Waals surface area contributed by atoms with E-state index in [9.17, 15) is 5.11 Å². The number of aliphatic imine (C=N–C) groups is 1. The molecule has 0 saturated heterocycles. The highest BCUT2D eigenvalue weighted by Crippen LogP contribution is 2.33. The first-order chi connectivity index (χ1) is 11.7. The highest BCUT2D eigenvalue weighted by atomic mass is 16.5. The highest BCUT2D eigenvalue weighted by Gasteiger charge is 2.31. The van der Waals surface area contributed by atoms with Crippen LogP contribution in [0.1, 0.15) is 30.3 Å². The Labute approximate surface area is 140 Å². The maximum absolute atomic E-state index is 9.45. The van der Waals surface area contributed by atoms with Crippen LogP contribution in [0, 0.1) is 5.92 Å². The van der Waals surface area contributed by atoms with Crippen LogP contribution in [0.4, 0.5) is 5.82 Å². The van der Waals surface area contributed by atoms with E-state index in [2.05, 4.69) is 15.3 Å². The molecule has 7 heteroatoms. The topological polar surface area (TPSA) is 97.7 Å². The van der Waals surface area contributed by atoms with Crippen LogP contribution in [0.3, 0.4) is 0 Å². The lowest BCUT2D eigenvalue weighted by Gasteiger charge is -2.32. The molecule has 126 valence electrons. The third-order valence-corrected chi connectivity index (χ3v) is 4.52. The number of aliphatic hydroxyl groups is 1. The Morgan fingerprint density at radius 2 is 2.08 bits per heavy atom. The van der Waals surface area contributed by atoms with E-state index in [0.29, 0.717) is 18.5 Å². The van der Waals surface area contributed by atoms with Crippen LogP contribution < -0.4 is 11.1 Å². The molecule has 1 fully saturated rings. The van der Waals surface area contributed by atoms with E-state index in [4.69, 9.17) is 10.5 Å². The number of aromatic nitrogens is 2. The minimum Gasteiger partial charge on any atom is -0.393 e. The first-order valence-electron chi connectivity index (χ1n) is 8.18. The van der Waals surface area contributed by atoms with E-state index in [1.165, 1.54) is 0 Å². The standard InChI is InChI=1S/C17H21N5O2/c18-17-20-15-14(19-10-22(15)8-12-6-13(23)7-12)16(21-17)24-9-11-4-2-1-3-5-11/h1-5,10,12-13,16,23H,6-9H2,(H3,18,20,21). The van der Waals surface area contributed by atoms with Gasteiger partial charge < -0.3 is 25.5 Å². The molecule has 2 aliphatic rings. The number of rotatable bonds is 5. The average Bonchev–Trinajstić information content (AvgIpc) is 2.95. The Morgan fingerprint density at radius 1 is 1.29 bits per heavy atom. The van der Waals surface area contributed by atoms with Crippen LogP contribution >= 0.6 is 0 Å². The minimum atomic E-state index is -0.505. The fraction of sp³-hybridized carbons (Fsp3) is 0.412. The monoisotopic (exact) mass is 327 g/mol. The lowest BCUT2D eigenvalue weighted by Crippen LogP contribution is -2.33. The number of hydrogen-bond donors (Lipinski definition) is 3. The Morgan fingerprint density at radius 3 is 2.83 bits per heavy atom. The summed E-state index contributed by atoms with van der Waals surface area (Å²) in [6.07, 6.45) is 2.80. The predicted molar refractivity (Wildman–Crippen MR) is 90.2 cm³/mol. The number of benzene rings is 1. The quantitative estimate of drug-likeness (QED) is 0.775. The molecular formula is C17H21N5O2. The van der Waals surface area contributed by atoms with Gasteiger partial charge in [0.05, 0.1) is 19.0 Å². The molecule has 4 N–H and O–H groups in total. The highest BCUT2D eigenvalue weighted by molar-refractivity contribution is 5.93. The van der Waals surface area contributed by atoms with Gasteiger partial charge in [0.2, 0.25) is 0 Å². The summed E-state index contributed by atoms with van der Waals surface area (Å²) < 4.78 is 7.95. The van der Waals surface area contributed by atoms with E-state index in [1.54, 1.807) is 6.33 Å². The predicted octanol–water partition coefficient (Wildman–Crippen LogP) is 1.61. The second kappa shape index (κ2) is 6.26. The molecule has 0 spiro atoms. The Bertz CT molecular complexity index is 737. The van der Waals surface area contributed by atoms with Crippen LogP contribution in [-0.2, 0) is 17.9 Å². The van der Waals surface area contributed by atoms with Crippen molar-refractivity contribution in [1.29, 1.82) is 0 Å². The summed E-state index contributed by atoms with van der Waals surface area (Å²) in [4.78, 5) is 8.79. The maximum Gasteiger partial charge on any atom is 0.198 e. The zero-order valence-electron chi connectivity index (χ0n) is 13.3. The van der Waals surface area contributed by atoms with Crippen molar-refractivity contribution in [2.75, 3.05) is 5.32 Å². The van der Waals surface area contributed by atoms with Crippen LogP contribution in [0.15, 0.2) is 41.7 Å². The largest absolute Gasteiger partial charge is 0.393 e. The molecule has 2 aromatic rings. The van der Waals surface area contributed by atoms with Crippen LogP contribution in [0.5, 0.6) is 0 Å². The first-order valence-corrected chi connectivity index (χ1v) is 8.18. The number of fused-ring (bicyclic) bond motifs is 1. The third kappa shape index (κ3) is 3.00. The molecule has 1 unspecified atom stereocenters. The summed E-state index contributed by atoms with van der Waals surface area (Å²) in [5, 5.41) is 12.5. The zero-order valence-corrected chi connectivity index (χ0v) is 13.3. The number of anilines is 1. The van der Waals surface area contributed by atoms with Gasteiger partial charge in [0.1, 0.15) is 11.5 Å². The van der Waals surface area contributed by atoms with Crippen molar-refractivity contribution in [1.82, 2.24) is 9.55 Å². The van der Waals surface area contributed by atoms with Crippen molar-refractivity contribution in [3.63, 3.8) is 0 Å². The van der Waals surface area contributed by atoms with Gasteiger partial charge in [0.25, 0.3) is 0 Å². The minimum absolute atomic E-state index is 0.157. The molecule has 1 aliphatic carbocycles. The van der Waals surface area contributed by atoms with Gasteiger partial charge in [0, 0.05) is 6.54 Å². The molecule has 4 rings (SSSR count). The third-order valence-electron chi connectivity index (χ3n) is 4.52. The van der Waals surface area contributed by atoms with E-state index >= 15 is 0 Å². The molecule has 1 aromatic heterocycles. The fourth-order valence-electron chi connectivity index (χ4n) is 3.19.